The highest BCUT2D eigenvalue weighted by Gasteiger charge is 2.26. The van der Waals surface area contributed by atoms with Gasteiger partial charge in [-0.25, -0.2) is 4.79 Å². The van der Waals surface area contributed by atoms with Crippen molar-refractivity contribution in [3.05, 3.63) is 70.2 Å². The molecule has 0 bridgehead atoms. The number of hydrogen-bond donors (Lipinski definition) is 2. The maximum absolute atomic E-state index is 12.5. The van der Waals surface area contributed by atoms with Crippen LogP contribution >= 0.6 is 15.9 Å². The van der Waals surface area contributed by atoms with E-state index in [1.165, 1.54) is 7.11 Å². The molecular formula is C18H18BrNO4. The van der Waals surface area contributed by atoms with Crippen molar-refractivity contribution in [2.24, 2.45) is 0 Å². The Hall–Kier alpha value is -2.18. The highest BCUT2D eigenvalue weighted by Crippen LogP contribution is 2.19. The number of amides is 1. The van der Waals surface area contributed by atoms with Crippen LogP contribution in [0.1, 0.15) is 17.2 Å². The minimum atomic E-state index is -1.10. The zero-order chi connectivity index (χ0) is 17.5. The molecule has 0 aliphatic carbocycles. The number of halogens is 1. The van der Waals surface area contributed by atoms with Crippen LogP contribution in [0.2, 0.25) is 0 Å². The third-order valence-electron chi connectivity index (χ3n) is 3.57. The van der Waals surface area contributed by atoms with E-state index in [-0.39, 0.29) is 6.42 Å². The van der Waals surface area contributed by atoms with Crippen molar-refractivity contribution in [3.63, 3.8) is 0 Å². The Morgan fingerprint density at radius 1 is 1.12 bits per heavy atom. The Kier molecular flexibility index (Phi) is 6.52. The summed E-state index contributed by atoms with van der Waals surface area (Å²) in [4.78, 5) is 24.0. The van der Waals surface area contributed by atoms with Gasteiger partial charge in [0.25, 0.3) is 5.91 Å². The van der Waals surface area contributed by atoms with E-state index in [9.17, 15) is 14.7 Å². The fourth-order valence-electron chi connectivity index (χ4n) is 2.35. The molecule has 0 aromatic heterocycles. The zero-order valence-corrected chi connectivity index (χ0v) is 14.7. The van der Waals surface area contributed by atoms with Gasteiger partial charge in [-0.3, -0.25) is 4.79 Å². The summed E-state index contributed by atoms with van der Waals surface area (Å²) in [5.41, 5.74) is 1.47. The van der Waals surface area contributed by atoms with Crippen LogP contribution in [0.25, 0.3) is 0 Å². The quantitative estimate of drug-likeness (QED) is 0.760. The van der Waals surface area contributed by atoms with Crippen molar-refractivity contribution >= 4 is 27.8 Å². The monoisotopic (exact) mass is 391 g/mol. The van der Waals surface area contributed by atoms with Crippen LogP contribution in [0, 0.1) is 0 Å². The van der Waals surface area contributed by atoms with Gasteiger partial charge < -0.3 is 15.2 Å². The summed E-state index contributed by atoms with van der Waals surface area (Å²) < 4.78 is 6.04. The largest absolute Gasteiger partial charge is 0.480 e. The molecular weight excluding hydrogens is 374 g/mol. The minimum absolute atomic E-state index is 0.174. The summed E-state index contributed by atoms with van der Waals surface area (Å²) in [6, 6.07) is 15.2. The first-order valence-corrected chi connectivity index (χ1v) is 8.16. The third-order valence-corrected chi connectivity index (χ3v) is 4.35. The van der Waals surface area contributed by atoms with E-state index < -0.39 is 24.0 Å². The number of carboxylic acid groups (broad SMARTS) is 1. The molecule has 24 heavy (non-hydrogen) atoms. The molecule has 0 aliphatic rings. The van der Waals surface area contributed by atoms with Crippen LogP contribution in [0.4, 0.5) is 0 Å². The number of carboxylic acids is 1. The molecule has 0 spiro atoms. The molecule has 0 saturated heterocycles. The molecule has 126 valence electrons. The molecule has 2 aromatic rings. The first-order valence-electron chi connectivity index (χ1n) is 7.37. The maximum Gasteiger partial charge on any atom is 0.326 e. The van der Waals surface area contributed by atoms with Crippen molar-refractivity contribution in [1.82, 2.24) is 5.32 Å². The second-order valence-electron chi connectivity index (χ2n) is 5.22. The molecule has 2 rings (SSSR count). The SMILES string of the molecule is CO[C@H](C(=O)N[C@H](Cc1ccccc1Br)C(=O)O)c1ccccc1. The molecule has 2 atom stereocenters. The van der Waals surface area contributed by atoms with Crippen molar-refractivity contribution in [2.75, 3.05) is 7.11 Å². The first kappa shape index (κ1) is 18.2. The van der Waals surface area contributed by atoms with Crippen molar-refractivity contribution < 1.29 is 19.4 Å². The second kappa shape index (κ2) is 8.61. The van der Waals surface area contributed by atoms with Crippen LogP contribution < -0.4 is 5.32 Å². The van der Waals surface area contributed by atoms with Crippen LogP contribution in [0.5, 0.6) is 0 Å². The number of ether oxygens (including phenoxy) is 1. The summed E-state index contributed by atoms with van der Waals surface area (Å²) in [5.74, 6) is -1.58. The lowest BCUT2D eigenvalue weighted by atomic mass is 10.0. The summed E-state index contributed by atoms with van der Waals surface area (Å²) in [6.45, 7) is 0. The topological polar surface area (TPSA) is 75.6 Å². The predicted octanol–water partition coefficient (Wildman–Crippen LogP) is 2.95. The van der Waals surface area contributed by atoms with E-state index in [0.29, 0.717) is 5.56 Å². The van der Waals surface area contributed by atoms with Gasteiger partial charge in [0, 0.05) is 18.0 Å². The first-order chi connectivity index (χ1) is 11.5. The Balaban J connectivity index is 2.13. The predicted molar refractivity (Wildman–Crippen MR) is 93.6 cm³/mol. The second-order valence-corrected chi connectivity index (χ2v) is 6.08. The van der Waals surface area contributed by atoms with Gasteiger partial charge in [0.1, 0.15) is 6.04 Å². The smallest absolute Gasteiger partial charge is 0.326 e. The van der Waals surface area contributed by atoms with Gasteiger partial charge in [0.2, 0.25) is 0 Å². The number of carbonyl (C=O) groups excluding carboxylic acids is 1. The lowest BCUT2D eigenvalue weighted by Crippen LogP contribution is -2.44. The molecule has 0 saturated carbocycles. The summed E-state index contributed by atoms with van der Waals surface area (Å²) in [6.07, 6.45) is -0.680. The van der Waals surface area contributed by atoms with Gasteiger partial charge in [-0.15, -0.1) is 0 Å². The van der Waals surface area contributed by atoms with Gasteiger partial charge in [-0.2, -0.15) is 0 Å². The van der Waals surface area contributed by atoms with Crippen molar-refractivity contribution in [1.29, 1.82) is 0 Å². The fourth-order valence-corrected chi connectivity index (χ4v) is 2.80. The normalized spacial score (nSPS) is 13.1. The third kappa shape index (κ3) is 4.66. The van der Waals surface area contributed by atoms with Gasteiger partial charge in [-0.05, 0) is 17.2 Å². The lowest BCUT2D eigenvalue weighted by Gasteiger charge is -2.20. The summed E-state index contributed by atoms with van der Waals surface area (Å²) in [5, 5.41) is 12.0. The molecule has 0 radical (unpaired) electrons. The molecule has 2 aromatic carbocycles. The van der Waals surface area contributed by atoms with Crippen LogP contribution in [0.15, 0.2) is 59.1 Å². The highest BCUT2D eigenvalue weighted by atomic mass is 79.9. The number of carbonyl (C=O) groups is 2. The van der Waals surface area contributed by atoms with E-state index >= 15 is 0 Å². The maximum atomic E-state index is 12.5. The molecule has 1 amide bonds. The highest BCUT2D eigenvalue weighted by molar-refractivity contribution is 9.10. The van der Waals surface area contributed by atoms with E-state index in [2.05, 4.69) is 21.2 Å². The Bertz CT molecular complexity index is 705. The zero-order valence-electron chi connectivity index (χ0n) is 13.1. The average molecular weight is 392 g/mol. The number of rotatable bonds is 7. The van der Waals surface area contributed by atoms with E-state index in [0.717, 1.165) is 10.0 Å². The molecule has 0 heterocycles. The standard InChI is InChI=1S/C18H18BrNO4/c1-24-16(12-7-3-2-4-8-12)17(21)20-15(18(22)23)11-13-9-5-6-10-14(13)19/h2-10,15-16H,11H2,1H3,(H,20,21)(H,22,23)/t15-,16+/m1/s1. The minimum Gasteiger partial charge on any atom is -0.480 e. The van der Waals surface area contributed by atoms with Gasteiger partial charge >= 0.3 is 5.97 Å². The van der Waals surface area contributed by atoms with Crippen molar-refractivity contribution in [2.45, 2.75) is 18.6 Å². The lowest BCUT2D eigenvalue weighted by molar-refractivity contribution is -0.144. The Morgan fingerprint density at radius 2 is 1.75 bits per heavy atom. The number of benzene rings is 2. The summed E-state index contributed by atoms with van der Waals surface area (Å²) in [7, 11) is 1.42. The fraction of sp³-hybridized carbons (Fsp3) is 0.222. The van der Waals surface area contributed by atoms with Crippen LogP contribution in [-0.2, 0) is 20.7 Å². The number of aliphatic carboxylic acids is 1. The molecule has 6 heteroatoms. The number of hydrogen-bond acceptors (Lipinski definition) is 3. The van der Waals surface area contributed by atoms with Gasteiger partial charge in [-0.1, -0.05) is 64.5 Å². The van der Waals surface area contributed by atoms with Crippen LogP contribution in [0.3, 0.4) is 0 Å². The van der Waals surface area contributed by atoms with E-state index in [1.54, 1.807) is 24.3 Å². The van der Waals surface area contributed by atoms with E-state index in [4.69, 9.17) is 4.74 Å². The van der Waals surface area contributed by atoms with Crippen LogP contribution in [-0.4, -0.2) is 30.1 Å². The van der Waals surface area contributed by atoms with E-state index in [1.807, 2.05) is 30.3 Å². The molecule has 2 N–H and O–H groups in total. The number of methoxy groups -OCH3 is 1. The average Bonchev–Trinajstić information content (AvgIpc) is 2.57. The molecule has 0 aliphatic heterocycles. The molecule has 0 unspecified atom stereocenters. The molecule has 5 nitrogen and oxygen atoms in total. The Labute approximate surface area is 148 Å². The Morgan fingerprint density at radius 3 is 2.33 bits per heavy atom. The van der Waals surface area contributed by atoms with Crippen molar-refractivity contribution in [3.8, 4) is 0 Å². The summed E-state index contributed by atoms with van der Waals surface area (Å²) >= 11 is 3.39. The number of nitrogens with one attached hydrogen (secondary N) is 1. The molecule has 0 fully saturated rings. The van der Waals surface area contributed by atoms with Gasteiger partial charge in [0.05, 0.1) is 0 Å². The van der Waals surface area contributed by atoms with Gasteiger partial charge in [0.15, 0.2) is 6.10 Å².